The molecule has 0 bridgehead atoms. The summed E-state index contributed by atoms with van der Waals surface area (Å²) in [5.74, 6) is 0. The first kappa shape index (κ1) is 9.19. The van der Waals surface area contributed by atoms with Gasteiger partial charge in [-0.05, 0) is 6.92 Å². The second kappa shape index (κ2) is 5.01. The van der Waals surface area contributed by atoms with Crippen LogP contribution < -0.4 is 0 Å². The van der Waals surface area contributed by atoms with E-state index < -0.39 is 6.09 Å². The van der Waals surface area contributed by atoms with Gasteiger partial charge in [0.1, 0.15) is 0 Å². The zero-order chi connectivity index (χ0) is 7.98. The van der Waals surface area contributed by atoms with Crippen LogP contribution in [0, 0.1) is 0 Å². The van der Waals surface area contributed by atoms with E-state index in [0.29, 0.717) is 5.06 Å². The number of aliphatic hydroxyl groups is 1. The summed E-state index contributed by atoms with van der Waals surface area (Å²) in [6.07, 6.45) is -0.837. The molecule has 0 heterocycles. The van der Waals surface area contributed by atoms with E-state index in [2.05, 4.69) is 4.74 Å². The molecule has 5 heteroatoms. The molecular weight excluding hydrogens is 138 g/mol. The van der Waals surface area contributed by atoms with Gasteiger partial charge in [-0.3, -0.25) is 5.21 Å². The SMILES string of the molecule is CCOC(=O)N(O)CCO. The summed E-state index contributed by atoms with van der Waals surface area (Å²) in [6.45, 7) is 1.43. The molecule has 0 aliphatic heterocycles. The van der Waals surface area contributed by atoms with Gasteiger partial charge in [-0.15, -0.1) is 0 Å². The van der Waals surface area contributed by atoms with E-state index in [1.807, 2.05) is 0 Å². The molecule has 0 aromatic carbocycles. The van der Waals surface area contributed by atoms with Gasteiger partial charge >= 0.3 is 6.09 Å². The van der Waals surface area contributed by atoms with Crippen LogP contribution >= 0.6 is 0 Å². The molecule has 5 nitrogen and oxygen atoms in total. The van der Waals surface area contributed by atoms with Gasteiger partial charge in [0.15, 0.2) is 0 Å². The number of hydrogen-bond donors (Lipinski definition) is 2. The Balaban J connectivity index is 3.49. The van der Waals surface area contributed by atoms with E-state index >= 15 is 0 Å². The molecule has 0 aromatic rings. The smallest absolute Gasteiger partial charge is 0.433 e. The van der Waals surface area contributed by atoms with Crippen molar-refractivity contribution in [2.45, 2.75) is 6.92 Å². The van der Waals surface area contributed by atoms with Crippen LogP contribution in [0.1, 0.15) is 6.92 Å². The van der Waals surface area contributed by atoms with Crippen molar-refractivity contribution < 1.29 is 19.8 Å². The fourth-order valence-corrected chi connectivity index (χ4v) is 0.384. The van der Waals surface area contributed by atoms with Crippen LogP contribution in [0.2, 0.25) is 0 Å². The fourth-order valence-electron chi connectivity index (χ4n) is 0.384. The maximum atomic E-state index is 10.5. The normalized spacial score (nSPS) is 9.10. The highest BCUT2D eigenvalue weighted by molar-refractivity contribution is 5.65. The van der Waals surface area contributed by atoms with E-state index in [0.717, 1.165) is 0 Å². The first-order valence-corrected chi connectivity index (χ1v) is 2.96. The Morgan fingerprint density at radius 1 is 1.70 bits per heavy atom. The Morgan fingerprint density at radius 3 is 2.70 bits per heavy atom. The van der Waals surface area contributed by atoms with Crippen LogP contribution in [0.5, 0.6) is 0 Å². The topological polar surface area (TPSA) is 70.0 Å². The molecule has 2 N–H and O–H groups in total. The van der Waals surface area contributed by atoms with Crippen molar-refractivity contribution in [2.75, 3.05) is 19.8 Å². The first-order valence-electron chi connectivity index (χ1n) is 2.96. The third kappa shape index (κ3) is 3.26. The van der Waals surface area contributed by atoms with Gasteiger partial charge in [0.05, 0.1) is 19.8 Å². The molecule has 0 fully saturated rings. The molecule has 0 aromatic heterocycles. The lowest BCUT2D eigenvalue weighted by Crippen LogP contribution is -2.30. The van der Waals surface area contributed by atoms with E-state index in [1.54, 1.807) is 6.92 Å². The standard InChI is InChI=1S/C5H11NO4/c1-2-10-5(8)6(9)3-4-7/h7,9H,2-4H2,1H3. The summed E-state index contributed by atoms with van der Waals surface area (Å²) in [5, 5.41) is 17.2. The second-order valence-corrected chi connectivity index (χ2v) is 1.55. The van der Waals surface area contributed by atoms with Gasteiger partial charge in [0.25, 0.3) is 0 Å². The maximum absolute atomic E-state index is 10.5. The van der Waals surface area contributed by atoms with Crippen LogP contribution in [0.4, 0.5) is 4.79 Å². The number of carbonyl (C=O) groups is 1. The Kier molecular flexibility index (Phi) is 4.61. The van der Waals surface area contributed by atoms with Gasteiger partial charge in [0.2, 0.25) is 0 Å². The third-order valence-electron chi connectivity index (χ3n) is 0.790. The predicted octanol–water partition coefficient (Wildman–Crippen LogP) is -0.174. The van der Waals surface area contributed by atoms with E-state index in [-0.39, 0.29) is 19.8 Å². The highest BCUT2D eigenvalue weighted by Crippen LogP contribution is 1.87. The van der Waals surface area contributed by atoms with Crippen molar-refractivity contribution in [2.24, 2.45) is 0 Å². The monoisotopic (exact) mass is 149 g/mol. The van der Waals surface area contributed by atoms with Crippen LogP contribution in [-0.2, 0) is 4.74 Å². The Bertz CT molecular complexity index is 106. The van der Waals surface area contributed by atoms with Crippen molar-refractivity contribution in [1.82, 2.24) is 5.06 Å². The Hall–Kier alpha value is -0.810. The number of ether oxygens (including phenoxy) is 1. The molecule has 1 amide bonds. The number of nitrogens with zero attached hydrogens (tertiary/aromatic N) is 1. The van der Waals surface area contributed by atoms with Gasteiger partial charge in [-0.2, -0.15) is 5.06 Å². The molecule has 0 saturated heterocycles. The molecule has 0 aliphatic rings. The zero-order valence-electron chi connectivity index (χ0n) is 5.78. The van der Waals surface area contributed by atoms with Gasteiger partial charge < -0.3 is 9.84 Å². The molecule has 10 heavy (non-hydrogen) atoms. The number of hydroxylamine groups is 2. The summed E-state index contributed by atoms with van der Waals surface area (Å²) in [7, 11) is 0. The summed E-state index contributed by atoms with van der Waals surface area (Å²) in [5.41, 5.74) is 0. The lowest BCUT2D eigenvalue weighted by molar-refractivity contribution is -0.0799. The van der Waals surface area contributed by atoms with Crippen LogP contribution in [0.15, 0.2) is 0 Å². The molecule has 0 saturated carbocycles. The molecule has 0 radical (unpaired) electrons. The molecule has 0 aliphatic carbocycles. The fraction of sp³-hybridized carbons (Fsp3) is 0.800. The quantitative estimate of drug-likeness (QED) is 0.431. The van der Waals surface area contributed by atoms with E-state index in [9.17, 15) is 4.79 Å². The highest BCUT2D eigenvalue weighted by Gasteiger charge is 2.08. The maximum Gasteiger partial charge on any atom is 0.433 e. The third-order valence-corrected chi connectivity index (χ3v) is 0.790. The van der Waals surface area contributed by atoms with Crippen molar-refractivity contribution in [3.05, 3.63) is 0 Å². The summed E-state index contributed by atoms with van der Waals surface area (Å²) < 4.78 is 4.38. The molecule has 0 unspecified atom stereocenters. The van der Waals surface area contributed by atoms with Crippen molar-refractivity contribution in [3.8, 4) is 0 Å². The van der Waals surface area contributed by atoms with Gasteiger partial charge in [0, 0.05) is 0 Å². The second-order valence-electron chi connectivity index (χ2n) is 1.55. The number of rotatable bonds is 3. The highest BCUT2D eigenvalue weighted by atomic mass is 16.6. The minimum Gasteiger partial charge on any atom is -0.448 e. The molecule has 0 atom stereocenters. The van der Waals surface area contributed by atoms with E-state index in [1.165, 1.54) is 0 Å². The number of amides is 1. The van der Waals surface area contributed by atoms with Gasteiger partial charge in [-0.25, -0.2) is 4.79 Å². The summed E-state index contributed by atoms with van der Waals surface area (Å²) in [4.78, 5) is 10.5. The van der Waals surface area contributed by atoms with Crippen molar-refractivity contribution in [1.29, 1.82) is 0 Å². The first-order chi connectivity index (χ1) is 4.72. The zero-order valence-corrected chi connectivity index (χ0v) is 5.78. The minimum absolute atomic E-state index is 0.126. The molecule has 0 rings (SSSR count). The molecular formula is C5H11NO4. The number of aliphatic hydroxyl groups excluding tert-OH is 1. The summed E-state index contributed by atoms with van der Waals surface area (Å²) in [6, 6.07) is 0. The average Bonchev–Trinajstić information content (AvgIpc) is 1.89. The lowest BCUT2D eigenvalue weighted by atomic mass is 10.7. The molecule has 0 spiro atoms. The predicted molar refractivity (Wildman–Crippen MR) is 32.6 cm³/mol. The largest absolute Gasteiger partial charge is 0.448 e. The number of hydrogen-bond acceptors (Lipinski definition) is 4. The van der Waals surface area contributed by atoms with Crippen LogP contribution in [0.25, 0.3) is 0 Å². The van der Waals surface area contributed by atoms with Crippen molar-refractivity contribution >= 4 is 6.09 Å². The summed E-state index contributed by atoms with van der Waals surface area (Å²) >= 11 is 0. The number of carbonyl (C=O) groups excluding carboxylic acids is 1. The van der Waals surface area contributed by atoms with E-state index in [4.69, 9.17) is 10.3 Å². The van der Waals surface area contributed by atoms with Crippen LogP contribution in [0.3, 0.4) is 0 Å². The van der Waals surface area contributed by atoms with Crippen molar-refractivity contribution in [3.63, 3.8) is 0 Å². The van der Waals surface area contributed by atoms with Crippen LogP contribution in [-0.4, -0.2) is 41.2 Å². The minimum atomic E-state index is -0.837. The lowest BCUT2D eigenvalue weighted by Gasteiger charge is -2.11. The average molecular weight is 149 g/mol. The molecule has 60 valence electrons. The Labute approximate surface area is 58.8 Å². The van der Waals surface area contributed by atoms with Gasteiger partial charge in [-0.1, -0.05) is 0 Å². The Morgan fingerprint density at radius 2 is 2.30 bits per heavy atom.